The van der Waals surface area contributed by atoms with Crippen molar-refractivity contribution in [1.82, 2.24) is 9.97 Å². The number of aromatic nitrogens is 2. The minimum atomic E-state index is -3.74. The molecule has 0 saturated carbocycles. The van der Waals surface area contributed by atoms with Gasteiger partial charge in [0.2, 0.25) is 0 Å². The van der Waals surface area contributed by atoms with Crippen molar-refractivity contribution < 1.29 is 13.2 Å². The van der Waals surface area contributed by atoms with E-state index in [-0.39, 0.29) is 15.9 Å². The molecule has 0 aliphatic rings. The number of hydrogen-bond acceptors (Lipinski definition) is 6. The van der Waals surface area contributed by atoms with Crippen LogP contribution >= 0.6 is 11.3 Å². The maximum absolute atomic E-state index is 12.3. The van der Waals surface area contributed by atoms with Crippen LogP contribution in [-0.4, -0.2) is 24.3 Å². The molecule has 0 unspecified atom stereocenters. The fourth-order valence-corrected chi connectivity index (χ4v) is 3.94. The summed E-state index contributed by atoms with van der Waals surface area (Å²) in [7, 11) is -3.74. The van der Waals surface area contributed by atoms with Crippen LogP contribution < -0.4 is 10.0 Å². The third-order valence-electron chi connectivity index (χ3n) is 3.68. The van der Waals surface area contributed by atoms with E-state index in [0.29, 0.717) is 11.3 Å². The monoisotopic (exact) mass is 388 g/mol. The molecule has 0 aliphatic carbocycles. The van der Waals surface area contributed by atoms with Gasteiger partial charge in [0.25, 0.3) is 15.9 Å². The quantitative estimate of drug-likeness (QED) is 0.699. The Hall–Kier alpha value is -2.78. The van der Waals surface area contributed by atoms with Crippen LogP contribution in [0.15, 0.2) is 53.0 Å². The van der Waals surface area contributed by atoms with Gasteiger partial charge in [-0.15, -0.1) is 11.3 Å². The summed E-state index contributed by atoms with van der Waals surface area (Å²) >= 11 is 1.18. The normalized spacial score (nSPS) is 11.2. The predicted octanol–water partition coefficient (Wildman–Crippen LogP) is 3.21. The van der Waals surface area contributed by atoms with Crippen LogP contribution in [0.25, 0.3) is 0 Å². The molecule has 2 heterocycles. The van der Waals surface area contributed by atoms with Crippen molar-refractivity contribution in [1.29, 1.82) is 0 Å². The van der Waals surface area contributed by atoms with E-state index in [1.165, 1.54) is 41.8 Å². The van der Waals surface area contributed by atoms with Crippen molar-refractivity contribution in [3.8, 4) is 0 Å². The van der Waals surface area contributed by atoms with E-state index in [2.05, 4.69) is 20.0 Å². The first-order valence-electron chi connectivity index (χ1n) is 7.62. The van der Waals surface area contributed by atoms with Gasteiger partial charge in [0.1, 0.15) is 0 Å². The molecule has 0 bridgehead atoms. The summed E-state index contributed by atoms with van der Waals surface area (Å²) in [5, 5.41) is 4.71. The van der Waals surface area contributed by atoms with Crippen molar-refractivity contribution >= 4 is 38.1 Å². The molecule has 3 aromatic rings. The van der Waals surface area contributed by atoms with Crippen LogP contribution in [-0.2, 0) is 10.0 Å². The van der Waals surface area contributed by atoms with Crippen LogP contribution in [0.5, 0.6) is 0 Å². The second kappa shape index (κ2) is 7.22. The van der Waals surface area contributed by atoms with Gasteiger partial charge in [-0.25, -0.2) is 13.4 Å². The first-order chi connectivity index (χ1) is 12.3. The number of aryl methyl sites for hydroxylation is 2. The van der Waals surface area contributed by atoms with E-state index < -0.39 is 10.0 Å². The molecule has 1 aromatic carbocycles. The van der Waals surface area contributed by atoms with E-state index in [0.717, 1.165) is 11.3 Å². The van der Waals surface area contributed by atoms with Crippen molar-refractivity contribution in [3.63, 3.8) is 0 Å². The van der Waals surface area contributed by atoms with Gasteiger partial charge in [0, 0.05) is 22.8 Å². The number of rotatable bonds is 5. The van der Waals surface area contributed by atoms with Gasteiger partial charge < -0.3 is 5.32 Å². The van der Waals surface area contributed by atoms with Crippen LogP contribution in [0.1, 0.15) is 21.6 Å². The Morgan fingerprint density at radius 3 is 2.46 bits per heavy atom. The Bertz CT molecular complexity index is 1030. The standard InChI is InChI=1S/C17H16N4O3S2/c1-11-9-14(10-19-12(11)2)20-16(22)13-3-5-15(6-4-13)26(23,24)21-17-18-7-8-25-17/h3-10H,1-2H3,(H,18,21)(H,20,22). The van der Waals surface area contributed by atoms with Gasteiger partial charge in [-0.1, -0.05) is 0 Å². The number of benzene rings is 1. The molecule has 0 spiro atoms. The third-order valence-corrected chi connectivity index (χ3v) is 5.85. The minimum absolute atomic E-state index is 0.0529. The van der Waals surface area contributed by atoms with Crippen LogP contribution in [0.2, 0.25) is 0 Å². The minimum Gasteiger partial charge on any atom is -0.321 e. The van der Waals surface area contributed by atoms with Gasteiger partial charge in [0.15, 0.2) is 5.13 Å². The van der Waals surface area contributed by atoms with Gasteiger partial charge in [-0.2, -0.15) is 0 Å². The number of hydrogen-bond donors (Lipinski definition) is 2. The summed E-state index contributed by atoms with van der Waals surface area (Å²) in [5.41, 5.74) is 2.79. The number of carbonyl (C=O) groups excluding carboxylic acids is 1. The summed E-state index contributed by atoms with van der Waals surface area (Å²) < 4.78 is 27.0. The largest absolute Gasteiger partial charge is 0.321 e. The topological polar surface area (TPSA) is 101 Å². The molecule has 0 fully saturated rings. The number of thiazole rings is 1. The van der Waals surface area contributed by atoms with E-state index >= 15 is 0 Å². The number of nitrogens with zero attached hydrogens (tertiary/aromatic N) is 2. The number of amides is 1. The second-order valence-corrected chi connectivity index (χ2v) is 8.12. The molecule has 26 heavy (non-hydrogen) atoms. The predicted molar refractivity (Wildman–Crippen MR) is 101 cm³/mol. The lowest BCUT2D eigenvalue weighted by molar-refractivity contribution is 0.102. The zero-order chi connectivity index (χ0) is 18.7. The molecule has 7 nitrogen and oxygen atoms in total. The lowest BCUT2D eigenvalue weighted by Gasteiger charge is -2.08. The Labute approximate surface area is 155 Å². The highest BCUT2D eigenvalue weighted by molar-refractivity contribution is 7.93. The van der Waals surface area contributed by atoms with Crippen molar-refractivity contribution in [2.45, 2.75) is 18.7 Å². The van der Waals surface area contributed by atoms with E-state index in [1.807, 2.05) is 19.9 Å². The average molecular weight is 388 g/mol. The Kier molecular flexibility index (Phi) is 5.01. The smallest absolute Gasteiger partial charge is 0.263 e. The molecule has 0 atom stereocenters. The number of anilines is 2. The Balaban J connectivity index is 1.74. The summed E-state index contributed by atoms with van der Waals surface area (Å²) in [4.78, 5) is 20.5. The molecular formula is C17H16N4O3S2. The number of pyridine rings is 1. The fourth-order valence-electron chi connectivity index (χ4n) is 2.15. The SMILES string of the molecule is Cc1cc(NC(=O)c2ccc(S(=O)(=O)Nc3nccs3)cc2)cnc1C. The van der Waals surface area contributed by atoms with Crippen LogP contribution in [0, 0.1) is 13.8 Å². The summed E-state index contributed by atoms with van der Waals surface area (Å²) in [6.07, 6.45) is 3.09. The van der Waals surface area contributed by atoms with Gasteiger partial charge in [0.05, 0.1) is 16.8 Å². The van der Waals surface area contributed by atoms with Crippen molar-refractivity contribution in [2.24, 2.45) is 0 Å². The molecule has 0 aliphatic heterocycles. The zero-order valence-electron chi connectivity index (χ0n) is 14.1. The van der Waals surface area contributed by atoms with Gasteiger partial charge >= 0.3 is 0 Å². The summed E-state index contributed by atoms with van der Waals surface area (Å²) in [6.45, 7) is 3.80. The molecule has 9 heteroatoms. The summed E-state index contributed by atoms with van der Waals surface area (Å²) in [5.74, 6) is -0.341. The van der Waals surface area contributed by atoms with E-state index in [9.17, 15) is 13.2 Å². The fraction of sp³-hybridized carbons (Fsp3) is 0.118. The second-order valence-electron chi connectivity index (χ2n) is 5.55. The molecule has 1 amide bonds. The van der Waals surface area contributed by atoms with Crippen molar-refractivity contribution in [2.75, 3.05) is 10.0 Å². The lowest BCUT2D eigenvalue weighted by atomic mass is 10.2. The highest BCUT2D eigenvalue weighted by Crippen LogP contribution is 2.19. The maximum atomic E-state index is 12.3. The molecule has 0 radical (unpaired) electrons. The Morgan fingerprint density at radius 2 is 1.85 bits per heavy atom. The third kappa shape index (κ3) is 4.06. The van der Waals surface area contributed by atoms with E-state index in [1.54, 1.807) is 11.6 Å². The molecule has 3 rings (SSSR count). The lowest BCUT2D eigenvalue weighted by Crippen LogP contribution is -2.15. The summed E-state index contributed by atoms with van der Waals surface area (Å²) in [6, 6.07) is 7.50. The molecule has 0 saturated heterocycles. The zero-order valence-corrected chi connectivity index (χ0v) is 15.7. The molecular weight excluding hydrogens is 372 g/mol. The van der Waals surface area contributed by atoms with Crippen molar-refractivity contribution in [3.05, 3.63) is 64.9 Å². The van der Waals surface area contributed by atoms with Crippen LogP contribution in [0.3, 0.4) is 0 Å². The maximum Gasteiger partial charge on any atom is 0.263 e. The van der Waals surface area contributed by atoms with Gasteiger partial charge in [-0.05, 0) is 49.7 Å². The number of carbonyl (C=O) groups is 1. The Morgan fingerprint density at radius 1 is 1.12 bits per heavy atom. The van der Waals surface area contributed by atoms with Crippen LogP contribution in [0.4, 0.5) is 10.8 Å². The molecule has 2 N–H and O–H groups in total. The molecule has 134 valence electrons. The number of nitrogens with one attached hydrogen (secondary N) is 2. The highest BCUT2D eigenvalue weighted by Gasteiger charge is 2.16. The van der Waals surface area contributed by atoms with Gasteiger partial charge in [-0.3, -0.25) is 14.5 Å². The first-order valence-corrected chi connectivity index (χ1v) is 9.98. The number of sulfonamides is 1. The average Bonchev–Trinajstić information content (AvgIpc) is 3.10. The highest BCUT2D eigenvalue weighted by atomic mass is 32.2. The van der Waals surface area contributed by atoms with E-state index in [4.69, 9.17) is 0 Å². The first kappa shape index (κ1) is 18.0. The molecule has 2 aromatic heterocycles.